The van der Waals surface area contributed by atoms with E-state index in [1.165, 1.54) is 30.9 Å². The fraction of sp³-hybridized carbons (Fsp3) is 0.350. The van der Waals surface area contributed by atoms with Gasteiger partial charge in [-0.2, -0.15) is 0 Å². The van der Waals surface area contributed by atoms with Crippen LogP contribution >= 0.6 is 0 Å². The first-order chi connectivity index (χ1) is 12.6. The Kier molecular flexibility index (Phi) is 5.63. The number of ketones is 1. The van der Waals surface area contributed by atoms with Crippen molar-refractivity contribution in [2.45, 2.75) is 18.8 Å². The molecule has 0 amide bonds. The number of Topliss-reactive ketones (excluding diaryl/α,β-unsaturated/α-hetero) is 1. The summed E-state index contributed by atoms with van der Waals surface area (Å²) in [6.45, 7) is 2.64. The van der Waals surface area contributed by atoms with Crippen LogP contribution in [0.4, 0.5) is 5.69 Å². The van der Waals surface area contributed by atoms with Gasteiger partial charge in [-0.1, -0.05) is 30.3 Å². The summed E-state index contributed by atoms with van der Waals surface area (Å²) in [6, 6.07) is 14.7. The first-order valence-electron chi connectivity index (χ1n) is 8.71. The lowest BCUT2D eigenvalue weighted by Crippen LogP contribution is -2.23. The molecule has 0 aromatic heterocycles. The Labute approximate surface area is 152 Å². The number of carbonyl (C=O) groups is 1. The van der Waals surface area contributed by atoms with Crippen molar-refractivity contribution in [2.24, 2.45) is 0 Å². The van der Waals surface area contributed by atoms with E-state index in [-0.39, 0.29) is 17.2 Å². The number of carbonyl (C=O) groups excluding carboxylic acids is 1. The molecule has 0 bridgehead atoms. The summed E-state index contributed by atoms with van der Waals surface area (Å²) < 4.78 is 5.03. The molecular weight excluding hydrogens is 332 g/mol. The molecule has 1 atom stereocenters. The zero-order valence-electron chi connectivity index (χ0n) is 14.8. The van der Waals surface area contributed by atoms with Gasteiger partial charge in [0.05, 0.1) is 12.0 Å². The SMILES string of the molecule is COc1cc(C(=O)CCN2CCC(c3ccccc3)C2)ccc1[N+](=O)[O-]. The summed E-state index contributed by atoms with van der Waals surface area (Å²) in [6.07, 6.45) is 1.49. The number of likely N-dealkylation sites (tertiary alicyclic amines) is 1. The topological polar surface area (TPSA) is 72.7 Å². The molecule has 6 nitrogen and oxygen atoms in total. The Morgan fingerprint density at radius 1 is 1.27 bits per heavy atom. The lowest BCUT2D eigenvalue weighted by molar-refractivity contribution is -0.385. The van der Waals surface area contributed by atoms with Crippen molar-refractivity contribution in [1.82, 2.24) is 4.90 Å². The molecule has 26 heavy (non-hydrogen) atoms. The van der Waals surface area contributed by atoms with E-state index in [4.69, 9.17) is 4.74 Å². The van der Waals surface area contributed by atoms with Crippen molar-refractivity contribution in [1.29, 1.82) is 0 Å². The molecule has 2 aromatic carbocycles. The molecule has 1 aliphatic heterocycles. The summed E-state index contributed by atoms with van der Waals surface area (Å²) in [4.78, 5) is 25.2. The van der Waals surface area contributed by atoms with Crippen molar-refractivity contribution < 1.29 is 14.5 Å². The first-order valence-corrected chi connectivity index (χ1v) is 8.71. The molecule has 6 heteroatoms. The first kappa shape index (κ1) is 18.1. The molecule has 1 saturated heterocycles. The smallest absolute Gasteiger partial charge is 0.310 e. The number of rotatable bonds is 7. The predicted octanol–water partition coefficient (Wildman–Crippen LogP) is 3.67. The highest BCUT2D eigenvalue weighted by molar-refractivity contribution is 5.97. The lowest BCUT2D eigenvalue weighted by Gasteiger charge is -2.16. The predicted molar refractivity (Wildman–Crippen MR) is 98.8 cm³/mol. The third kappa shape index (κ3) is 4.08. The van der Waals surface area contributed by atoms with Crippen molar-refractivity contribution in [3.63, 3.8) is 0 Å². The van der Waals surface area contributed by atoms with E-state index in [2.05, 4.69) is 29.2 Å². The molecule has 0 radical (unpaired) electrons. The Balaban J connectivity index is 1.57. The van der Waals surface area contributed by atoms with Crippen LogP contribution in [0.15, 0.2) is 48.5 Å². The summed E-state index contributed by atoms with van der Waals surface area (Å²) in [7, 11) is 1.37. The van der Waals surface area contributed by atoms with Gasteiger partial charge in [0.25, 0.3) is 0 Å². The standard InChI is InChI=1S/C20H22N2O4/c1-26-20-13-16(7-8-18(20)22(24)25)19(23)10-12-21-11-9-17(14-21)15-5-3-2-4-6-15/h2-8,13,17H,9-12,14H2,1H3. The summed E-state index contributed by atoms with van der Waals surface area (Å²) in [5, 5.41) is 10.9. The van der Waals surface area contributed by atoms with Crippen molar-refractivity contribution in [3.8, 4) is 5.75 Å². The number of nitro groups is 1. The van der Waals surface area contributed by atoms with Crippen LogP contribution in [-0.2, 0) is 0 Å². The third-order valence-corrected chi connectivity index (χ3v) is 4.90. The van der Waals surface area contributed by atoms with Crippen LogP contribution in [0.25, 0.3) is 0 Å². The number of benzene rings is 2. The average Bonchev–Trinajstić information content (AvgIpc) is 3.15. The summed E-state index contributed by atoms with van der Waals surface area (Å²) in [5.74, 6) is 0.610. The third-order valence-electron chi connectivity index (χ3n) is 4.90. The van der Waals surface area contributed by atoms with Crippen LogP contribution in [0, 0.1) is 10.1 Å². The number of hydrogen-bond acceptors (Lipinski definition) is 5. The molecule has 0 spiro atoms. The Hall–Kier alpha value is -2.73. The van der Waals surface area contributed by atoms with Crippen LogP contribution in [0.2, 0.25) is 0 Å². The van der Waals surface area contributed by atoms with Crippen LogP contribution in [-0.4, -0.2) is 42.4 Å². The van der Waals surface area contributed by atoms with Crippen LogP contribution in [0.5, 0.6) is 5.75 Å². The van der Waals surface area contributed by atoms with Gasteiger partial charge in [-0.05, 0) is 36.6 Å². The van der Waals surface area contributed by atoms with Gasteiger partial charge in [0.2, 0.25) is 0 Å². The van der Waals surface area contributed by atoms with E-state index >= 15 is 0 Å². The average molecular weight is 354 g/mol. The molecule has 1 fully saturated rings. The molecule has 0 N–H and O–H groups in total. The Morgan fingerprint density at radius 2 is 2.04 bits per heavy atom. The van der Waals surface area contributed by atoms with Crippen LogP contribution in [0.3, 0.4) is 0 Å². The second kappa shape index (κ2) is 8.10. The minimum absolute atomic E-state index is 0.0265. The van der Waals surface area contributed by atoms with Gasteiger partial charge >= 0.3 is 5.69 Å². The van der Waals surface area contributed by atoms with Gasteiger partial charge in [-0.25, -0.2) is 0 Å². The summed E-state index contributed by atoms with van der Waals surface area (Å²) >= 11 is 0. The van der Waals surface area contributed by atoms with Gasteiger partial charge in [0, 0.05) is 31.1 Å². The van der Waals surface area contributed by atoms with Crippen LogP contribution in [0.1, 0.15) is 34.7 Å². The van der Waals surface area contributed by atoms with Gasteiger partial charge < -0.3 is 9.64 Å². The summed E-state index contributed by atoms with van der Waals surface area (Å²) in [5.41, 5.74) is 1.67. The molecule has 1 aliphatic rings. The van der Waals surface area contributed by atoms with Gasteiger partial charge in [-0.15, -0.1) is 0 Å². The van der Waals surface area contributed by atoms with E-state index in [1.807, 2.05) is 6.07 Å². The Morgan fingerprint density at radius 3 is 2.73 bits per heavy atom. The van der Waals surface area contributed by atoms with E-state index < -0.39 is 4.92 Å². The van der Waals surface area contributed by atoms with Crippen molar-refractivity contribution in [2.75, 3.05) is 26.7 Å². The number of ether oxygens (including phenoxy) is 1. The van der Waals surface area contributed by atoms with E-state index in [0.29, 0.717) is 24.4 Å². The zero-order chi connectivity index (χ0) is 18.5. The molecular formula is C20H22N2O4. The highest BCUT2D eigenvalue weighted by atomic mass is 16.6. The maximum absolute atomic E-state index is 12.5. The minimum atomic E-state index is -0.513. The maximum atomic E-state index is 12.5. The van der Waals surface area contributed by atoms with E-state index in [0.717, 1.165) is 19.5 Å². The fourth-order valence-electron chi connectivity index (χ4n) is 3.44. The number of hydrogen-bond donors (Lipinski definition) is 0. The van der Waals surface area contributed by atoms with Crippen molar-refractivity contribution >= 4 is 11.5 Å². The molecule has 136 valence electrons. The van der Waals surface area contributed by atoms with E-state index in [1.54, 1.807) is 0 Å². The molecule has 2 aromatic rings. The van der Waals surface area contributed by atoms with E-state index in [9.17, 15) is 14.9 Å². The number of methoxy groups -OCH3 is 1. The number of nitro benzene ring substituents is 1. The second-order valence-electron chi connectivity index (χ2n) is 6.51. The minimum Gasteiger partial charge on any atom is -0.490 e. The molecule has 0 aliphatic carbocycles. The highest BCUT2D eigenvalue weighted by Gasteiger charge is 2.24. The van der Waals surface area contributed by atoms with Gasteiger partial charge in [0.15, 0.2) is 11.5 Å². The highest BCUT2D eigenvalue weighted by Crippen LogP contribution is 2.29. The van der Waals surface area contributed by atoms with Gasteiger partial charge in [-0.3, -0.25) is 14.9 Å². The molecule has 3 rings (SSSR count). The second-order valence-corrected chi connectivity index (χ2v) is 6.51. The molecule has 1 heterocycles. The maximum Gasteiger partial charge on any atom is 0.310 e. The largest absolute Gasteiger partial charge is 0.490 e. The normalized spacial score (nSPS) is 17.2. The molecule has 1 unspecified atom stereocenters. The van der Waals surface area contributed by atoms with Crippen LogP contribution < -0.4 is 4.74 Å². The zero-order valence-corrected chi connectivity index (χ0v) is 14.8. The molecule has 0 saturated carbocycles. The monoisotopic (exact) mass is 354 g/mol. The Bertz CT molecular complexity index is 792. The number of nitrogens with zero attached hydrogens (tertiary/aromatic N) is 2. The quantitative estimate of drug-likeness (QED) is 0.431. The lowest BCUT2D eigenvalue weighted by atomic mass is 9.99. The van der Waals surface area contributed by atoms with Crippen molar-refractivity contribution in [3.05, 3.63) is 69.8 Å². The van der Waals surface area contributed by atoms with Gasteiger partial charge in [0.1, 0.15) is 0 Å². The fourth-order valence-corrected chi connectivity index (χ4v) is 3.44.